The van der Waals surface area contributed by atoms with Crippen molar-refractivity contribution in [2.45, 2.75) is 49.7 Å². The van der Waals surface area contributed by atoms with Gasteiger partial charge in [0.1, 0.15) is 6.17 Å². The molecule has 0 aromatic heterocycles. The first kappa shape index (κ1) is 13.5. The van der Waals surface area contributed by atoms with E-state index in [9.17, 15) is 12.8 Å². The van der Waals surface area contributed by atoms with Crippen LogP contribution in [-0.4, -0.2) is 20.6 Å². The van der Waals surface area contributed by atoms with Crippen LogP contribution < -0.4 is 4.72 Å². The van der Waals surface area contributed by atoms with E-state index in [1.807, 2.05) is 6.92 Å². The molecule has 18 heavy (non-hydrogen) atoms. The summed E-state index contributed by atoms with van der Waals surface area (Å²) in [5.41, 5.74) is 0.995. The molecule has 0 saturated heterocycles. The highest BCUT2D eigenvalue weighted by Crippen LogP contribution is 2.23. The number of hydrogen-bond acceptors (Lipinski definition) is 2. The zero-order chi connectivity index (χ0) is 13.2. The summed E-state index contributed by atoms with van der Waals surface area (Å²) in [4.78, 5) is 0.200. The second kappa shape index (κ2) is 5.36. The minimum atomic E-state index is -3.60. The van der Waals surface area contributed by atoms with Crippen molar-refractivity contribution < 1.29 is 12.8 Å². The summed E-state index contributed by atoms with van der Waals surface area (Å²) in [6, 6.07) is 6.00. The summed E-state index contributed by atoms with van der Waals surface area (Å²) in [6.45, 7) is 1.89. The molecule has 100 valence electrons. The van der Waals surface area contributed by atoms with Crippen molar-refractivity contribution in [1.29, 1.82) is 0 Å². The van der Waals surface area contributed by atoms with Gasteiger partial charge in [0.25, 0.3) is 0 Å². The van der Waals surface area contributed by atoms with Crippen LogP contribution in [0.15, 0.2) is 29.2 Å². The van der Waals surface area contributed by atoms with E-state index in [1.54, 1.807) is 24.3 Å². The van der Waals surface area contributed by atoms with Crippen LogP contribution in [0.25, 0.3) is 0 Å². The fraction of sp³-hybridized carbons (Fsp3) is 0.538. The largest absolute Gasteiger partial charge is 0.246 e. The zero-order valence-corrected chi connectivity index (χ0v) is 11.2. The molecule has 2 unspecified atom stereocenters. The first-order valence-corrected chi connectivity index (χ1v) is 7.70. The van der Waals surface area contributed by atoms with Gasteiger partial charge in [0, 0.05) is 0 Å². The fourth-order valence-electron chi connectivity index (χ4n) is 2.20. The van der Waals surface area contributed by atoms with Crippen molar-refractivity contribution in [3.05, 3.63) is 29.8 Å². The quantitative estimate of drug-likeness (QED) is 0.918. The lowest BCUT2D eigenvalue weighted by Gasteiger charge is -2.26. The van der Waals surface area contributed by atoms with Crippen molar-refractivity contribution in [1.82, 2.24) is 4.72 Å². The molecule has 1 aromatic carbocycles. The molecule has 3 nitrogen and oxygen atoms in total. The van der Waals surface area contributed by atoms with Gasteiger partial charge in [0.2, 0.25) is 10.0 Å². The fourth-order valence-corrected chi connectivity index (χ4v) is 3.50. The van der Waals surface area contributed by atoms with E-state index in [1.165, 1.54) is 0 Å². The van der Waals surface area contributed by atoms with Gasteiger partial charge in [-0.25, -0.2) is 17.5 Å². The van der Waals surface area contributed by atoms with E-state index in [0.717, 1.165) is 18.4 Å². The van der Waals surface area contributed by atoms with Gasteiger partial charge >= 0.3 is 0 Å². The summed E-state index contributed by atoms with van der Waals surface area (Å²) >= 11 is 0. The van der Waals surface area contributed by atoms with Crippen molar-refractivity contribution >= 4 is 10.0 Å². The van der Waals surface area contributed by atoms with Gasteiger partial charge in [0.15, 0.2) is 0 Å². The molecule has 2 rings (SSSR count). The van der Waals surface area contributed by atoms with Crippen molar-refractivity contribution in [3.8, 4) is 0 Å². The lowest BCUT2D eigenvalue weighted by Crippen LogP contribution is -2.43. The molecule has 0 spiro atoms. The highest BCUT2D eigenvalue weighted by Gasteiger charge is 2.29. The second-order valence-corrected chi connectivity index (χ2v) is 6.56. The topological polar surface area (TPSA) is 46.2 Å². The molecular formula is C13H18FNO2S. The van der Waals surface area contributed by atoms with Gasteiger partial charge in [0.05, 0.1) is 10.9 Å². The molecule has 1 saturated carbocycles. The number of halogens is 1. The maximum absolute atomic E-state index is 13.6. The average molecular weight is 271 g/mol. The number of alkyl halides is 1. The summed E-state index contributed by atoms with van der Waals surface area (Å²) in [7, 11) is -3.60. The zero-order valence-electron chi connectivity index (χ0n) is 10.4. The standard InChI is InChI=1S/C13H18FNO2S/c1-10-6-8-11(9-7-10)18(16,17)15-13-5-3-2-4-12(13)14/h6-9,12-13,15H,2-5H2,1H3. The molecule has 0 radical (unpaired) electrons. The van der Waals surface area contributed by atoms with E-state index < -0.39 is 22.2 Å². The average Bonchev–Trinajstić information content (AvgIpc) is 2.32. The van der Waals surface area contributed by atoms with Crippen molar-refractivity contribution in [3.63, 3.8) is 0 Å². The van der Waals surface area contributed by atoms with Crippen LogP contribution in [0, 0.1) is 6.92 Å². The first-order valence-electron chi connectivity index (χ1n) is 6.22. The highest BCUT2D eigenvalue weighted by molar-refractivity contribution is 7.89. The van der Waals surface area contributed by atoms with E-state index >= 15 is 0 Å². The summed E-state index contributed by atoms with van der Waals surface area (Å²) in [5, 5.41) is 0. The van der Waals surface area contributed by atoms with Gasteiger partial charge in [-0.3, -0.25) is 0 Å². The molecular weight excluding hydrogens is 253 g/mol. The Morgan fingerprint density at radius 2 is 1.78 bits per heavy atom. The molecule has 1 aliphatic rings. The summed E-state index contributed by atoms with van der Waals surface area (Å²) in [5.74, 6) is 0. The van der Waals surface area contributed by atoms with Gasteiger partial charge in [-0.1, -0.05) is 30.5 Å². The Labute approximate surface area is 107 Å². The predicted molar refractivity (Wildman–Crippen MR) is 68.7 cm³/mol. The summed E-state index contributed by atoms with van der Waals surface area (Å²) < 4.78 is 40.3. The lowest BCUT2D eigenvalue weighted by atomic mass is 9.95. The van der Waals surface area contributed by atoms with E-state index in [4.69, 9.17) is 0 Å². The van der Waals surface area contributed by atoms with Crippen LogP contribution in [0.2, 0.25) is 0 Å². The van der Waals surface area contributed by atoms with Crippen LogP contribution in [0.5, 0.6) is 0 Å². The Morgan fingerprint density at radius 1 is 1.17 bits per heavy atom. The molecule has 0 heterocycles. The maximum Gasteiger partial charge on any atom is 0.240 e. The monoisotopic (exact) mass is 271 g/mol. The molecule has 5 heteroatoms. The number of sulfonamides is 1. The molecule has 1 aliphatic carbocycles. The van der Waals surface area contributed by atoms with E-state index in [-0.39, 0.29) is 4.90 Å². The lowest BCUT2D eigenvalue weighted by molar-refractivity contribution is 0.206. The Morgan fingerprint density at radius 3 is 2.39 bits per heavy atom. The predicted octanol–water partition coefficient (Wildman–Crippen LogP) is 2.55. The van der Waals surface area contributed by atoms with Gasteiger partial charge in [-0.2, -0.15) is 0 Å². The number of benzene rings is 1. The second-order valence-electron chi connectivity index (χ2n) is 4.84. The molecule has 1 fully saturated rings. The van der Waals surface area contributed by atoms with Crippen molar-refractivity contribution in [2.75, 3.05) is 0 Å². The Hall–Kier alpha value is -0.940. The normalized spacial score (nSPS) is 25.0. The van der Waals surface area contributed by atoms with Gasteiger partial charge in [-0.05, 0) is 31.9 Å². The SMILES string of the molecule is Cc1ccc(S(=O)(=O)NC2CCCCC2F)cc1. The van der Waals surface area contributed by atoms with Crippen molar-refractivity contribution in [2.24, 2.45) is 0 Å². The minimum Gasteiger partial charge on any atom is -0.246 e. The number of rotatable bonds is 3. The highest BCUT2D eigenvalue weighted by atomic mass is 32.2. The smallest absolute Gasteiger partial charge is 0.240 e. The number of hydrogen-bond donors (Lipinski definition) is 1. The van der Waals surface area contributed by atoms with Gasteiger partial charge < -0.3 is 0 Å². The van der Waals surface area contributed by atoms with E-state index in [0.29, 0.717) is 12.8 Å². The van der Waals surface area contributed by atoms with Crippen LogP contribution >= 0.6 is 0 Å². The first-order chi connectivity index (χ1) is 8.49. The molecule has 2 atom stereocenters. The number of aryl methyl sites for hydroxylation is 1. The van der Waals surface area contributed by atoms with Gasteiger partial charge in [-0.15, -0.1) is 0 Å². The number of nitrogens with one attached hydrogen (secondary N) is 1. The Kier molecular flexibility index (Phi) is 4.02. The molecule has 1 N–H and O–H groups in total. The third-order valence-electron chi connectivity index (χ3n) is 3.32. The summed E-state index contributed by atoms with van der Waals surface area (Å²) in [6.07, 6.45) is 1.66. The molecule has 0 aliphatic heterocycles. The maximum atomic E-state index is 13.6. The molecule has 0 bridgehead atoms. The van der Waals surface area contributed by atoms with Crippen LogP contribution in [-0.2, 0) is 10.0 Å². The minimum absolute atomic E-state index is 0.200. The Bertz CT molecular complexity index is 498. The third-order valence-corrected chi connectivity index (χ3v) is 4.83. The van der Waals surface area contributed by atoms with Crippen LogP contribution in [0.1, 0.15) is 31.2 Å². The third kappa shape index (κ3) is 3.09. The van der Waals surface area contributed by atoms with Crippen LogP contribution in [0.3, 0.4) is 0 Å². The molecule has 1 aromatic rings. The van der Waals surface area contributed by atoms with E-state index in [2.05, 4.69) is 4.72 Å². The van der Waals surface area contributed by atoms with Crippen LogP contribution in [0.4, 0.5) is 4.39 Å². The molecule has 0 amide bonds. The Balaban J connectivity index is 2.13.